The number of rotatable bonds is 13. The summed E-state index contributed by atoms with van der Waals surface area (Å²) in [5.41, 5.74) is 5.37. The molecular formula is C43H47N7O12S2. The van der Waals surface area contributed by atoms with Crippen LogP contribution in [0.25, 0.3) is 21.8 Å². The summed E-state index contributed by atoms with van der Waals surface area (Å²) in [5, 5.41) is 58.0. The third-order valence-electron chi connectivity index (χ3n) is 10.1. The third kappa shape index (κ3) is 12.7. The van der Waals surface area contributed by atoms with E-state index in [-0.39, 0.29) is 25.9 Å². The second-order valence-electron chi connectivity index (χ2n) is 15.2. The number of anilines is 1. The van der Waals surface area contributed by atoms with Gasteiger partial charge in [-0.25, -0.2) is 27.8 Å². The normalized spacial score (nSPS) is 14.0. The van der Waals surface area contributed by atoms with Crippen molar-refractivity contribution >= 4 is 64.9 Å². The molecule has 19 nitrogen and oxygen atoms in total. The fourth-order valence-electron chi connectivity index (χ4n) is 5.66. The van der Waals surface area contributed by atoms with Crippen LogP contribution in [0.15, 0.2) is 73.1 Å². The van der Waals surface area contributed by atoms with E-state index < -0.39 is 65.7 Å². The van der Waals surface area contributed by atoms with Crippen molar-refractivity contribution in [2.45, 2.75) is 61.8 Å². The second-order valence-corrected chi connectivity index (χ2v) is 20.1. The molecule has 0 aliphatic carbocycles. The van der Waals surface area contributed by atoms with Gasteiger partial charge in [-0.15, -0.1) is 0 Å². The van der Waals surface area contributed by atoms with Crippen molar-refractivity contribution in [3.05, 3.63) is 89.7 Å². The zero-order valence-corrected chi connectivity index (χ0v) is 37.0. The monoisotopic (exact) mass is 917 g/mol. The Morgan fingerprint density at radius 2 is 1.11 bits per heavy atom. The number of fused-ring (bicyclic) bond motifs is 2. The van der Waals surface area contributed by atoms with E-state index in [0.29, 0.717) is 22.3 Å². The van der Waals surface area contributed by atoms with Crippen molar-refractivity contribution in [2.75, 3.05) is 31.0 Å². The van der Waals surface area contributed by atoms with Gasteiger partial charge in [-0.2, -0.15) is 10.2 Å². The summed E-state index contributed by atoms with van der Waals surface area (Å²) in [7, 11) is -7.58. The first-order chi connectivity index (χ1) is 30.0. The summed E-state index contributed by atoms with van der Waals surface area (Å²) in [6.07, 6.45) is 5.16. The van der Waals surface area contributed by atoms with Gasteiger partial charge >= 0.3 is 0 Å². The summed E-state index contributed by atoms with van der Waals surface area (Å²) < 4.78 is 47.8. The number of aliphatic hydroxyl groups is 3. The van der Waals surface area contributed by atoms with Crippen LogP contribution in [0.5, 0.6) is 0 Å². The first kappa shape index (κ1) is 50.0. The fraction of sp³-hybridized carbons (Fsp3) is 0.326. The van der Waals surface area contributed by atoms with Crippen LogP contribution in [0.2, 0.25) is 0 Å². The average molecular weight is 918 g/mol. The Morgan fingerprint density at radius 3 is 1.53 bits per heavy atom. The van der Waals surface area contributed by atoms with Gasteiger partial charge in [0.15, 0.2) is 29.2 Å². The highest BCUT2D eigenvalue weighted by atomic mass is 32.2. The molecule has 3 aromatic carbocycles. The van der Waals surface area contributed by atoms with Crippen molar-refractivity contribution in [2.24, 2.45) is 0 Å². The molecule has 8 N–H and O–H groups in total. The Labute approximate surface area is 369 Å². The molecule has 0 bridgehead atoms. The van der Waals surface area contributed by atoms with Gasteiger partial charge in [0.05, 0.1) is 17.6 Å². The molecule has 21 heteroatoms. The molecule has 0 aliphatic rings. The largest absolute Gasteiger partial charge is 0.392 e. The average Bonchev–Trinajstić information content (AvgIpc) is 3.87. The SMILES string of the molecule is C[C@@](CCn1cc2cc(C#Cc3ccc(NC(=O)CO)cc3)ccc2n1)(C(=O)NO)S(C)(=O)=O.C[C@@](O)(C#CC#Cc1ccc2nn(CC[C@](C)(C(=O)NO)S(C)(=O)=O)cc2c1)CO. The predicted molar refractivity (Wildman–Crippen MR) is 236 cm³/mol. The molecule has 338 valence electrons. The van der Waals surface area contributed by atoms with Crippen molar-refractivity contribution < 1.29 is 57.0 Å². The van der Waals surface area contributed by atoms with E-state index in [0.717, 1.165) is 34.4 Å². The maximum absolute atomic E-state index is 12.1. The summed E-state index contributed by atoms with van der Waals surface area (Å²) >= 11 is 0. The van der Waals surface area contributed by atoms with Gasteiger partial charge < -0.3 is 20.6 Å². The van der Waals surface area contributed by atoms with E-state index in [1.165, 1.54) is 36.4 Å². The Morgan fingerprint density at radius 1 is 0.672 bits per heavy atom. The number of benzene rings is 3. The van der Waals surface area contributed by atoms with Gasteiger partial charge in [0.2, 0.25) is 5.91 Å². The smallest absolute Gasteiger partial charge is 0.264 e. The van der Waals surface area contributed by atoms with Crippen LogP contribution in [-0.4, -0.2) is 121 Å². The first-order valence-corrected chi connectivity index (χ1v) is 22.9. The Balaban J connectivity index is 0.000000283. The van der Waals surface area contributed by atoms with Crippen LogP contribution >= 0.6 is 0 Å². The summed E-state index contributed by atoms with van der Waals surface area (Å²) in [6.45, 7) is 3.08. The lowest BCUT2D eigenvalue weighted by molar-refractivity contribution is -0.132. The van der Waals surface area contributed by atoms with E-state index in [2.05, 4.69) is 51.0 Å². The first-order valence-electron chi connectivity index (χ1n) is 19.1. The molecular weight excluding hydrogens is 871 g/mol. The van der Waals surface area contributed by atoms with Crippen LogP contribution in [-0.2, 0) is 47.1 Å². The maximum atomic E-state index is 12.1. The lowest BCUT2D eigenvalue weighted by Crippen LogP contribution is -2.49. The van der Waals surface area contributed by atoms with Crippen molar-refractivity contribution in [1.29, 1.82) is 0 Å². The third-order valence-corrected chi connectivity index (χ3v) is 14.2. The zero-order valence-electron chi connectivity index (χ0n) is 35.4. The van der Waals surface area contributed by atoms with Gasteiger partial charge in [-0.3, -0.25) is 34.2 Å². The highest BCUT2D eigenvalue weighted by molar-refractivity contribution is 7.93. The number of carbonyl (C=O) groups excluding carboxylic acids is 3. The van der Waals surface area contributed by atoms with E-state index in [9.17, 15) is 36.3 Å². The van der Waals surface area contributed by atoms with Crippen LogP contribution in [0.3, 0.4) is 0 Å². The van der Waals surface area contributed by atoms with Gasteiger partial charge in [-0.05, 0) is 106 Å². The molecule has 0 saturated heterocycles. The van der Waals surface area contributed by atoms with Crippen LogP contribution in [0.4, 0.5) is 5.69 Å². The molecule has 5 rings (SSSR count). The quantitative estimate of drug-likeness (QED) is 0.0463. The number of hydrogen-bond donors (Lipinski definition) is 8. The molecule has 0 unspecified atom stereocenters. The molecule has 5 aromatic rings. The molecule has 3 amide bonds. The number of hydrogen-bond acceptors (Lipinski definition) is 14. The Bertz CT molecular complexity index is 2970. The molecule has 0 saturated carbocycles. The molecule has 0 radical (unpaired) electrons. The molecule has 0 fully saturated rings. The van der Waals surface area contributed by atoms with E-state index in [4.69, 9.17) is 20.6 Å². The number of nitrogens with zero attached hydrogens (tertiary/aromatic N) is 4. The molecule has 0 aliphatic heterocycles. The molecule has 2 heterocycles. The number of aryl methyl sites for hydroxylation is 2. The molecule has 0 spiro atoms. The molecule has 2 aromatic heterocycles. The predicted octanol–water partition coefficient (Wildman–Crippen LogP) is 0.899. The minimum absolute atomic E-state index is 0.0758. The number of nitrogens with one attached hydrogen (secondary N) is 3. The van der Waals surface area contributed by atoms with Crippen molar-refractivity contribution in [1.82, 2.24) is 30.5 Å². The van der Waals surface area contributed by atoms with E-state index in [1.54, 1.807) is 65.6 Å². The van der Waals surface area contributed by atoms with Crippen LogP contribution in [0, 0.1) is 35.5 Å². The standard InChI is InChI=1S/C23H24N4O6S.C20H23N3O6S/c1-23(22(30)26-31,34(2,32)33)11-12-27-14-18-13-17(7-10-20(18)25-27)4-3-16-5-8-19(9-6-16)24-21(29)15-28;1-19(26,14-24)9-5-4-6-15-7-8-17-16(12-15)13-23(21-17)11-10-20(2,18(25)22-27)30(3,28)29/h5-10,13-14,28,31H,11-12,15H2,1-2H3,(H,24,29)(H,26,30);7-8,12-13,24,26-27H,10-11,14H2,1-3H3,(H,22,25)/t23-;19-,20-/m11/s1. The van der Waals surface area contributed by atoms with Crippen molar-refractivity contribution in [3.8, 4) is 35.5 Å². The van der Waals surface area contributed by atoms with Gasteiger partial charge in [-0.1, -0.05) is 23.7 Å². The number of aromatic nitrogens is 4. The van der Waals surface area contributed by atoms with Gasteiger partial charge in [0.1, 0.15) is 12.2 Å². The molecule has 64 heavy (non-hydrogen) atoms. The number of aliphatic hydroxyl groups excluding tert-OH is 2. The topological polar surface area (TPSA) is 292 Å². The lowest BCUT2D eigenvalue weighted by atomic mass is 10.1. The number of carbonyl (C=O) groups is 3. The van der Waals surface area contributed by atoms with Gasteiger partial charge in [0.25, 0.3) is 11.8 Å². The van der Waals surface area contributed by atoms with E-state index in [1.807, 2.05) is 12.1 Å². The van der Waals surface area contributed by atoms with Gasteiger partial charge in [0, 0.05) is 71.1 Å². The summed E-state index contributed by atoms with van der Waals surface area (Å²) in [5.74, 6) is 14.0. The number of amides is 3. The summed E-state index contributed by atoms with van der Waals surface area (Å²) in [6, 6.07) is 17.6. The van der Waals surface area contributed by atoms with E-state index >= 15 is 0 Å². The van der Waals surface area contributed by atoms with Crippen LogP contribution in [0.1, 0.15) is 50.3 Å². The second kappa shape index (κ2) is 20.7. The maximum Gasteiger partial charge on any atom is 0.264 e. The zero-order chi connectivity index (χ0) is 47.5. The molecule has 3 atom stereocenters. The fourth-order valence-corrected chi connectivity index (χ4v) is 7.34. The minimum atomic E-state index is -3.79. The Kier molecular flexibility index (Phi) is 16.2. The highest BCUT2D eigenvalue weighted by Gasteiger charge is 2.44. The number of hydroxylamine groups is 2. The lowest BCUT2D eigenvalue weighted by Gasteiger charge is -2.24. The van der Waals surface area contributed by atoms with Crippen LogP contribution < -0.4 is 16.3 Å². The Hall–Kier alpha value is -6.61. The minimum Gasteiger partial charge on any atom is -0.392 e. The van der Waals surface area contributed by atoms with Crippen molar-refractivity contribution in [3.63, 3.8) is 0 Å². The highest BCUT2D eigenvalue weighted by Crippen LogP contribution is 2.25. The number of sulfone groups is 2. The summed E-state index contributed by atoms with van der Waals surface area (Å²) in [4.78, 5) is 35.1.